The molecule has 4 rings (SSSR count). The van der Waals surface area contributed by atoms with E-state index in [1.165, 1.54) is 0 Å². The first kappa shape index (κ1) is 17.8. The van der Waals surface area contributed by atoms with Gasteiger partial charge in [-0.2, -0.15) is 0 Å². The number of benzene rings is 1. The Morgan fingerprint density at radius 2 is 1.89 bits per heavy atom. The molecule has 2 aliphatic rings. The number of para-hydroxylation sites is 2. The van der Waals surface area contributed by atoms with Crippen molar-refractivity contribution >= 4 is 17.4 Å². The molecule has 142 valence electrons. The molecule has 2 aliphatic heterocycles. The fraction of sp³-hybridized carbons (Fsp3) is 0.400. The standard InChI is InChI=1S/C20H23N3O4/c1-25-17-7-3-2-6-16(17)22-18-15(5-4-10-21-18)19(24)23-11-8-20(9-12-23)26-13-14-27-20/h2-7,10H,8-9,11-14H2,1H3,(H,21,22). The molecule has 7 nitrogen and oxygen atoms in total. The maximum Gasteiger partial charge on any atom is 0.257 e. The number of hydrogen-bond acceptors (Lipinski definition) is 6. The van der Waals surface area contributed by atoms with Crippen LogP contribution in [0.1, 0.15) is 23.2 Å². The quantitative estimate of drug-likeness (QED) is 0.893. The zero-order valence-corrected chi connectivity index (χ0v) is 15.3. The van der Waals surface area contributed by atoms with Crippen LogP contribution >= 0.6 is 0 Å². The highest BCUT2D eigenvalue weighted by Gasteiger charge is 2.41. The molecular formula is C20H23N3O4. The number of likely N-dealkylation sites (tertiary alicyclic amines) is 1. The highest BCUT2D eigenvalue weighted by atomic mass is 16.7. The predicted molar refractivity (Wildman–Crippen MR) is 100 cm³/mol. The Hall–Kier alpha value is -2.64. The van der Waals surface area contributed by atoms with Crippen molar-refractivity contribution in [1.82, 2.24) is 9.88 Å². The first-order valence-corrected chi connectivity index (χ1v) is 9.13. The number of amides is 1. The van der Waals surface area contributed by atoms with E-state index in [2.05, 4.69) is 10.3 Å². The van der Waals surface area contributed by atoms with Gasteiger partial charge >= 0.3 is 0 Å². The van der Waals surface area contributed by atoms with E-state index in [0.717, 1.165) is 5.69 Å². The number of pyridine rings is 1. The molecule has 1 spiro atoms. The number of ether oxygens (including phenoxy) is 3. The minimum absolute atomic E-state index is 0.0478. The molecule has 3 heterocycles. The Kier molecular flexibility index (Phi) is 4.96. The summed E-state index contributed by atoms with van der Waals surface area (Å²) < 4.78 is 16.9. The normalized spacial score (nSPS) is 18.5. The monoisotopic (exact) mass is 369 g/mol. The largest absolute Gasteiger partial charge is 0.495 e. The molecule has 1 amide bonds. The molecule has 0 saturated carbocycles. The molecule has 0 bridgehead atoms. The fourth-order valence-electron chi connectivity index (χ4n) is 3.56. The van der Waals surface area contributed by atoms with E-state index in [0.29, 0.717) is 56.3 Å². The number of aromatic nitrogens is 1. The SMILES string of the molecule is COc1ccccc1Nc1ncccc1C(=O)N1CCC2(CC1)OCCO2. The summed E-state index contributed by atoms with van der Waals surface area (Å²) in [5.74, 6) is 0.662. The van der Waals surface area contributed by atoms with Crippen molar-refractivity contribution in [2.45, 2.75) is 18.6 Å². The zero-order valence-electron chi connectivity index (χ0n) is 15.3. The van der Waals surface area contributed by atoms with Gasteiger partial charge in [-0.05, 0) is 24.3 Å². The van der Waals surface area contributed by atoms with Crippen LogP contribution in [0.2, 0.25) is 0 Å². The van der Waals surface area contributed by atoms with Gasteiger partial charge in [0.15, 0.2) is 5.79 Å². The molecular weight excluding hydrogens is 346 g/mol. The number of piperidine rings is 1. The second-order valence-corrected chi connectivity index (χ2v) is 6.62. The van der Waals surface area contributed by atoms with Crippen LogP contribution in [0.3, 0.4) is 0 Å². The van der Waals surface area contributed by atoms with Gasteiger partial charge in [-0.15, -0.1) is 0 Å². The van der Waals surface area contributed by atoms with E-state index in [-0.39, 0.29) is 5.91 Å². The number of anilines is 2. The van der Waals surface area contributed by atoms with Crippen LogP contribution in [0.4, 0.5) is 11.5 Å². The van der Waals surface area contributed by atoms with Crippen molar-refractivity contribution in [3.8, 4) is 5.75 Å². The molecule has 1 N–H and O–H groups in total. The number of hydrogen-bond donors (Lipinski definition) is 1. The van der Waals surface area contributed by atoms with Crippen molar-refractivity contribution < 1.29 is 19.0 Å². The lowest BCUT2D eigenvalue weighted by Gasteiger charge is -2.37. The van der Waals surface area contributed by atoms with Crippen molar-refractivity contribution in [2.75, 3.05) is 38.7 Å². The predicted octanol–water partition coefficient (Wildman–Crippen LogP) is 2.81. The van der Waals surface area contributed by atoms with Crippen LogP contribution in [0.5, 0.6) is 5.75 Å². The average molecular weight is 369 g/mol. The van der Waals surface area contributed by atoms with E-state index in [9.17, 15) is 4.79 Å². The zero-order chi connectivity index (χ0) is 18.7. The number of carbonyl (C=O) groups is 1. The molecule has 1 aromatic heterocycles. The molecule has 0 aliphatic carbocycles. The lowest BCUT2D eigenvalue weighted by molar-refractivity contribution is -0.181. The van der Waals surface area contributed by atoms with Gasteiger partial charge in [0.2, 0.25) is 0 Å². The van der Waals surface area contributed by atoms with E-state index in [1.54, 1.807) is 25.4 Å². The molecule has 0 atom stereocenters. The third-order valence-electron chi connectivity index (χ3n) is 5.02. The second-order valence-electron chi connectivity index (χ2n) is 6.62. The van der Waals surface area contributed by atoms with Crippen LogP contribution in [-0.4, -0.2) is 55.0 Å². The van der Waals surface area contributed by atoms with Crippen molar-refractivity contribution in [2.24, 2.45) is 0 Å². The minimum atomic E-state index is -0.496. The Bertz CT molecular complexity index is 810. The average Bonchev–Trinajstić information content (AvgIpc) is 3.17. The Labute approximate surface area is 158 Å². The van der Waals surface area contributed by atoms with Crippen molar-refractivity contribution in [3.05, 3.63) is 48.2 Å². The van der Waals surface area contributed by atoms with Crippen molar-refractivity contribution in [1.29, 1.82) is 0 Å². The number of rotatable bonds is 4. The maximum absolute atomic E-state index is 13.1. The third-order valence-corrected chi connectivity index (χ3v) is 5.02. The molecule has 7 heteroatoms. The first-order valence-electron chi connectivity index (χ1n) is 9.13. The summed E-state index contributed by atoms with van der Waals surface area (Å²) in [6.07, 6.45) is 3.04. The Balaban J connectivity index is 1.51. The topological polar surface area (TPSA) is 72.9 Å². The highest BCUT2D eigenvalue weighted by molar-refractivity contribution is 5.99. The Morgan fingerprint density at radius 1 is 1.15 bits per heavy atom. The van der Waals surface area contributed by atoms with Gasteiger partial charge in [0, 0.05) is 32.1 Å². The smallest absolute Gasteiger partial charge is 0.257 e. The van der Waals surface area contributed by atoms with Gasteiger partial charge in [0.25, 0.3) is 5.91 Å². The van der Waals surface area contributed by atoms with Crippen LogP contribution < -0.4 is 10.1 Å². The fourth-order valence-corrected chi connectivity index (χ4v) is 3.56. The van der Waals surface area contributed by atoms with Crippen LogP contribution in [0, 0.1) is 0 Å². The molecule has 0 unspecified atom stereocenters. The van der Waals surface area contributed by atoms with Gasteiger partial charge in [0.1, 0.15) is 11.6 Å². The van der Waals surface area contributed by atoms with Gasteiger partial charge < -0.3 is 24.4 Å². The maximum atomic E-state index is 13.1. The Morgan fingerprint density at radius 3 is 2.63 bits per heavy atom. The van der Waals surface area contributed by atoms with E-state index < -0.39 is 5.79 Å². The molecule has 1 aromatic carbocycles. The lowest BCUT2D eigenvalue weighted by Crippen LogP contribution is -2.47. The number of nitrogens with one attached hydrogen (secondary N) is 1. The summed E-state index contributed by atoms with van der Waals surface area (Å²) in [5, 5.41) is 3.23. The summed E-state index contributed by atoms with van der Waals surface area (Å²) in [6, 6.07) is 11.1. The summed E-state index contributed by atoms with van der Waals surface area (Å²) >= 11 is 0. The number of carbonyl (C=O) groups excluding carboxylic acids is 1. The summed E-state index contributed by atoms with van der Waals surface area (Å²) in [6.45, 7) is 2.46. The van der Waals surface area contributed by atoms with Gasteiger partial charge in [-0.3, -0.25) is 4.79 Å². The number of nitrogens with zero attached hydrogens (tertiary/aromatic N) is 2. The lowest BCUT2D eigenvalue weighted by atomic mass is 10.0. The van der Waals surface area contributed by atoms with Crippen LogP contribution in [-0.2, 0) is 9.47 Å². The minimum Gasteiger partial charge on any atom is -0.495 e. The van der Waals surface area contributed by atoms with Gasteiger partial charge in [-0.25, -0.2) is 4.98 Å². The summed E-state index contributed by atoms with van der Waals surface area (Å²) in [7, 11) is 1.61. The van der Waals surface area contributed by atoms with Crippen LogP contribution in [0.25, 0.3) is 0 Å². The first-order chi connectivity index (χ1) is 13.2. The van der Waals surface area contributed by atoms with Gasteiger partial charge in [-0.1, -0.05) is 12.1 Å². The number of methoxy groups -OCH3 is 1. The molecule has 0 radical (unpaired) electrons. The second kappa shape index (κ2) is 7.54. The molecule has 2 aromatic rings. The highest BCUT2D eigenvalue weighted by Crippen LogP contribution is 2.33. The van der Waals surface area contributed by atoms with E-state index >= 15 is 0 Å². The van der Waals surface area contributed by atoms with Gasteiger partial charge in [0.05, 0.1) is 31.6 Å². The summed E-state index contributed by atoms with van der Waals surface area (Å²) in [4.78, 5) is 19.3. The molecule has 2 fully saturated rings. The molecule has 27 heavy (non-hydrogen) atoms. The molecule has 2 saturated heterocycles. The van der Waals surface area contributed by atoms with E-state index in [1.807, 2.05) is 29.2 Å². The van der Waals surface area contributed by atoms with Crippen LogP contribution in [0.15, 0.2) is 42.6 Å². The van der Waals surface area contributed by atoms with Crippen molar-refractivity contribution in [3.63, 3.8) is 0 Å². The summed E-state index contributed by atoms with van der Waals surface area (Å²) in [5.41, 5.74) is 1.30. The van der Waals surface area contributed by atoms with E-state index in [4.69, 9.17) is 14.2 Å². The third kappa shape index (κ3) is 3.61.